The zero-order chi connectivity index (χ0) is 19.0. The van der Waals surface area contributed by atoms with Crippen LogP contribution in [0.3, 0.4) is 0 Å². The molecule has 0 bridgehead atoms. The summed E-state index contributed by atoms with van der Waals surface area (Å²) in [5.41, 5.74) is -0.146. The monoisotopic (exact) mass is 444 g/mol. The second-order valence-electron chi connectivity index (χ2n) is 4.78. The van der Waals surface area contributed by atoms with Gasteiger partial charge in [-0.1, -0.05) is 24.6 Å². The van der Waals surface area contributed by atoms with Gasteiger partial charge in [-0.25, -0.2) is 9.37 Å². The fourth-order valence-corrected chi connectivity index (χ4v) is 3.63. The fraction of sp³-hybridized carbons (Fsp3) is 0.222. The molecular formula is C18H19BrClFN2OS. The Kier molecular flexibility index (Phi) is 9.17. The van der Waals surface area contributed by atoms with Crippen LogP contribution in [0.2, 0.25) is 5.02 Å². The number of carbonyl (C=O) groups excluding carboxylic acids is 1. The highest BCUT2D eigenvalue weighted by molar-refractivity contribution is 9.10. The van der Waals surface area contributed by atoms with Crippen LogP contribution in [-0.2, 0) is 0 Å². The molecule has 0 fully saturated rings. The normalized spacial score (nSPS) is 9.96. The van der Waals surface area contributed by atoms with Gasteiger partial charge in [0.2, 0.25) is 0 Å². The highest BCUT2D eigenvalue weighted by Gasteiger charge is 2.23. The molecule has 0 unspecified atom stereocenters. The molecule has 0 radical (unpaired) electrons. The lowest BCUT2D eigenvalue weighted by molar-refractivity contribution is 0.0988. The number of thioether (sulfide) groups is 1. The number of hydrogen-bond acceptors (Lipinski definition) is 3. The first-order valence-corrected chi connectivity index (χ1v) is 9.61. The molecule has 0 aliphatic rings. The summed E-state index contributed by atoms with van der Waals surface area (Å²) < 4.78 is 14.8. The molecule has 2 aromatic rings. The van der Waals surface area contributed by atoms with Crippen molar-refractivity contribution in [2.75, 3.05) is 17.7 Å². The highest BCUT2D eigenvalue weighted by Crippen LogP contribution is 2.32. The zero-order valence-corrected chi connectivity index (χ0v) is 17.2. The maximum absolute atomic E-state index is 14.0. The molecule has 3 nitrogen and oxygen atoms in total. The molecule has 1 amide bonds. The molecule has 0 aliphatic carbocycles. The van der Waals surface area contributed by atoms with Gasteiger partial charge in [0.05, 0.1) is 15.5 Å². The van der Waals surface area contributed by atoms with Crippen LogP contribution in [-0.4, -0.2) is 23.7 Å². The molecule has 1 aromatic carbocycles. The molecule has 0 aliphatic heterocycles. The molecule has 1 heterocycles. The number of anilines is 1. The number of aromatic nitrogens is 1. The molecule has 0 saturated carbocycles. The van der Waals surface area contributed by atoms with Crippen molar-refractivity contribution in [3.05, 3.63) is 64.5 Å². The van der Waals surface area contributed by atoms with Crippen LogP contribution in [0.25, 0.3) is 0 Å². The predicted octanol–water partition coefficient (Wildman–Crippen LogP) is 6.22. The minimum absolute atomic E-state index is 0.0849. The van der Waals surface area contributed by atoms with Gasteiger partial charge in [-0.05, 0) is 46.3 Å². The molecule has 0 atom stereocenters. The molecule has 134 valence electrons. The van der Waals surface area contributed by atoms with Gasteiger partial charge in [-0.2, -0.15) is 0 Å². The van der Waals surface area contributed by atoms with Gasteiger partial charge in [-0.15, -0.1) is 24.9 Å². The van der Waals surface area contributed by atoms with Crippen LogP contribution >= 0.6 is 39.3 Å². The van der Waals surface area contributed by atoms with E-state index in [1.807, 2.05) is 6.07 Å². The van der Waals surface area contributed by atoms with E-state index in [0.29, 0.717) is 5.82 Å². The third kappa shape index (κ3) is 5.56. The van der Waals surface area contributed by atoms with Crippen molar-refractivity contribution < 1.29 is 9.18 Å². The van der Waals surface area contributed by atoms with E-state index < -0.39 is 11.7 Å². The first-order chi connectivity index (χ1) is 12.0. The molecular weight excluding hydrogens is 427 g/mol. The minimum atomic E-state index is -0.644. The Morgan fingerprint density at radius 3 is 2.72 bits per heavy atom. The van der Waals surface area contributed by atoms with Crippen LogP contribution in [0.4, 0.5) is 10.2 Å². The second kappa shape index (κ2) is 10.6. The summed E-state index contributed by atoms with van der Waals surface area (Å²) in [6.45, 7) is 8.08. The summed E-state index contributed by atoms with van der Waals surface area (Å²) in [6, 6.07) is 6.08. The maximum Gasteiger partial charge on any atom is 0.263 e. The topological polar surface area (TPSA) is 33.2 Å². The summed E-state index contributed by atoms with van der Waals surface area (Å²) in [7, 11) is 1.57. The Morgan fingerprint density at radius 1 is 1.44 bits per heavy atom. The van der Waals surface area contributed by atoms with Gasteiger partial charge in [0.25, 0.3) is 5.91 Å². The lowest BCUT2D eigenvalue weighted by atomic mass is 10.2. The average Bonchev–Trinajstić information content (AvgIpc) is 2.61. The Morgan fingerprint density at radius 2 is 2.12 bits per heavy atom. The first kappa shape index (κ1) is 21.7. The van der Waals surface area contributed by atoms with Crippen molar-refractivity contribution in [3.8, 4) is 0 Å². The Hall–Kier alpha value is -1.37. The van der Waals surface area contributed by atoms with E-state index in [4.69, 9.17) is 11.6 Å². The van der Waals surface area contributed by atoms with Gasteiger partial charge in [-0.3, -0.25) is 9.69 Å². The Balaban J connectivity index is 0.00000151. The quantitative estimate of drug-likeness (QED) is 0.405. The molecule has 2 rings (SSSR count). The number of rotatable bonds is 5. The fourth-order valence-electron chi connectivity index (χ4n) is 1.95. The van der Waals surface area contributed by atoms with E-state index >= 15 is 0 Å². The number of halogens is 3. The lowest BCUT2D eigenvalue weighted by Crippen LogP contribution is -2.28. The largest absolute Gasteiger partial charge is 0.295 e. The predicted molar refractivity (Wildman–Crippen MR) is 108 cm³/mol. The van der Waals surface area contributed by atoms with Crippen molar-refractivity contribution in [2.45, 2.75) is 18.2 Å². The summed E-state index contributed by atoms with van der Waals surface area (Å²) in [4.78, 5) is 19.1. The Bertz CT molecular complexity index is 725. The molecule has 0 spiro atoms. The van der Waals surface area contributed by atoms with Gasteiger partial charge < -0.3 is 0 Å². The molecule has 7 heteroatoms. The van der Waals surface area contributed by atoms with Crippen molar-refractivity contribution in [1.82, 2.24) is 4.98 Å². The lowest BCUT2D eigenvalue weighted by Gasteiger charge is -2.20. The van der Waals surface area contributed by atoms with Crippen LogP contribution in [0.15, 0.2) is 53.0 Å². The first-order valence-electron chi connectivity index (χ1n) is 7.46. The highest BCUT2D eigenvalue weighted by atomic mass is 79.9. The number of carbonyl (C=O) groups is 1. The second-order valence-corrected chi connectivity index (χ2v) is 7.24. The summed E-state index contributed by atoms with van der Waals surface area (Å²) in [6.07, 6.45) is 2.60. The molecule has 1 aromatic heterocycles. The smallest absolute Gasteiger partial charge is 0.263 e. The zero-order valence-electron chi connectivity index (χ0n) is 14.1. The summed E-state index contributed by atoms with van der Waals surface area (Å²) in [5.74, 6) is 0.208. The number of pyridine rings is 1. The number of benzene rings is 1. The Labute approximate surface area is 165 Å². The number of nitrogens with zero attached hydrogens (tertiary/aromatic N) is 2. The minimum Gasteiger partial charge on any atom is -0.295 e. The maximum atomic E-state index is 14.0. The number of amides is 1. The number of hydrogen-bond donors (Lipinski definition) is 0. The SMILES string of the molecule is C=C.CCCSc1cc(Br)cnc1N(C)C(=O)c1c(F)cccc1Cl. The van der Waals surface area contributed by atoms with E-state index in [9.17, 15) is 9.18 Å². The van der Waals surface area contributed by atoms with E-state index in [1.165, 1.54) is 23.1 Å². The third-order valence-corrected chi connectivity index (χ3v) is 5.03. The molecule has 0 saturated heterocycles. The van der Waals surface area contributed by atoms with E-state index in [0.717, 1.165) is 21.5 Å². The van der Waals surface area contributed by atoms with Crippen molar-refractivity contribution in [2.24, 2.45) is 0 Å². The van der Waals surface area contributed by atoms with Crippen LogP contribution in [0.5, 0.6) is 0 Å². The standard InChI is InChI=1S/C16H15BrClFN2OS.C2H4/c1-3-7-23-13-8-10(17)9-20-15(13)21(2)16(22)14-11(18)5-4-6-12(14)19;1-2/h4-6,8-9H,3,7H2,1-2H3;1-2H2. The van der Waals surface area contributed by atoms with Gasteiger partial charge in [0.1, 0.15) is 11.6 Å². The van der Waals surface area contributed by atoms with Gasteiger partial charge in [0.15, 0.2) is 0 Å². The van der Waals surface area contributed by atoms with E-state index in [2.05, 4.69) is 41.0 Å². The van der Waals surface area contributed by atoms with Crippen molar-refractivity contribution in [1.29, 1.82) is 0 Å². The summed E-state index contributed by atoms with van der Waals surface area (Å²) >= 11 is 11.0. The third-order valence-electron chi connectivity index (χ3n) is 3.06. The van der Waals surface area contributed by atoms with Gasteiger partial charge >= 0.3 is 0 Å². The van der Waals surface area contributed by atoms with Crippen LogP contribution in [0, 0.1) is 5.82 Å². The van der Waals surface area contributed by atoms with Crippen LogP contribution < -0.4 is 4.90 Å². The van der Waals surface area contributed by atoms with Crippen molar-refractivity contribution in [3.63, 3.8) is 0 Å². The van der Waals surface area contributed by atoms with E-state index in [-0.39, 0.29) is 10.6 Å². The molecule has 25 heavy (non-hydrogen) atoms. The summed E-state index contributed by atoms with van der Waals surface area (Å²) in [5, 5.41) is 0.0849. The van der Waals surface area contributed by atoms with E-state index in [1.54, 1.807) is 25.0 Å². The molecule has 0 N–H and O–H groups in total. The van der Waals surface area contributed by atoms with Crippen LogP contribution in [0.1, 0.15) is 23.7 Å². The van der Waals surface area contributed by atoms with Crippen molar-refractivity contribution >= 4 is 51.0 Å². The van der Waals surface area contributed by atoms with Gasteiger partial charge in [0, 0.05) is 17.7 Å². The average molecular weight is 446 g/mol.